The lowest BCUT2D eigenvalue weighted by atomic mass is 9.93. The molecule has 6 nitrogen and oxygen atoms in total. The molecule has 21 heavy (non-hydrogen) atoms. The van der Waals surface area contributed by atoms with Crippen LogP contribution in [0.3, 0.4) is 0 Å². The summed E-state index contributed by atoms with van der Waals surface area (Å²) in [4.78, 5) is 2.75. The van der Waals surface area contributed by atoms with Gasteiger partial charge < -0.3 is 26.0 Å². The summed E-state index contributed by atoms with van der Waals surface area (Å²) in [5.41, 5.74) is 8.81. The zero-order valence-electron chi connectivity index (χ0n) is 11.0. The van der Waals surface area contributed by atoms with Crippen LogP contribution in [0.25, 0.3) is 11.1 Å². The van der Waals surface area contributed by atoms with E-state index in [4.69, 9.17) is 11.0 Å². The van der Waals surface area contributed by atoms with Crippen molar-refractivity contribution in [2.45, 2.75) is 19.8 Å². The first-order valence-corrected chi connectivity index (χ1v) is 6.91. The fourth-order valence-corrected chi connectivity index (χ4v) is 2.95. The average molecular weight is 352 g/mol. The molecule has 1 aromatic heterocycles. The standard InChI is InChI=1S/C14H14BrN3O3/c15-13-11(3-16)18-14(17)12(13)8-2-1-7(4-19)9(5-20)10(8)6-21/h1-2,18-21H,4-6,17H2. The number of nitrogen functional groups attached to an aromatic ring is 1. The Morgan fingerprint density at radius 1 is 1.14 bits per heavy atom. The van der Waals surface area contributed by atoms with Crippen molar-refractivity contribution < 1.29 is 15.3 Å². The second kappa shape index (κ2) is 6.28. The molecule has 7 heteroatoms. The van der Waals surface area contributed by atoms with E-state index in [1.54, 1.807) is 12.1 Å². The highest BCUT2D eigenvalue weighted by molar-refractivity contribution is 9.10. The van der Waals surface area contributed by atoms with E-state index in [9.17, 15) is 15.3 Å². The summed E-state index contributed by atoms with van der Waals surface area (Å²) in [6, 6.07) is 5.33. The number of aromatic nitrogens is 1. The number of nitrogens with two attached hydrogens (primary N) is 1. The van der Waals surface area contributed by atoms with E-state index in [1.807, 2.05) is 6.07 Å². The van der Waals surface area contributed by atoms with Crippen LogP contribution in [0.15, 0.2) is 16.6 Å². The molecule has 0 bridgehead atoms. The van der Waals surface area contributed by atoms with E-state index in [-0.39, 0.29) is 31.3 Å². The summed E-state index contributed by atoms with van der Waals surface area (Å²) < 4.78 is 0.498. The molecule has 1 aromatic carbocycles. The number of anilines is 1. The third-order valence-electron chi connectivity index (χ3n) is 3.36. The van der Waals surface area contributed by atoms with Crippen LogP contribution in [0.2, 0.25) is 0 Å². The maximum Gasteiger partial charge on any atom is 0.134 e. The average Bonchev–Trinajstić information content (AvgIpc) is 2.79. The number of hydrogen-bond donors (Lipinski definition) is 5. The van der Waals surface area contributed by atoms with E-state index < -0.39 is 0 Å². The highest BCUT2D eigenvalue weighted by Gasteiger charge is 2.20. The fourth-order valence-electron chi connectivity index (χ4n) is 2.34. The molecule has 0 radical (unpaired) electrons. The van der Waals surface area contributed by atoms with Crippen molar-refractivity contribution in [3.05, 3.63) is 39.0 Å². The number of hydrogen-bond acceptors (Lipinski definition) is 5. The number of benzene rings is 1. The van der Waals surface area contributed by atoms with Gasteiger partial charge in [0.05, 0.1) is 24.3 Å². The topological polar surface area (TPSA) is 126 Å². The quantitative estimate of drug-likeness (QED) is 0.568. The van der Waals surface area contributed by atoms with Crippen LogP contribution in [-0.2, 0) is 19.8 Å². The molecule has 0 aliphatic heterocycles. The molecule has 0 spiro atoms. The molecule has 6 N–H and O–H groups in total. The van der Waals surface area contributed by atoms with Crippen molar-refractivity contribution in [3.8, 4) is 17.2 Å². The zero-order chi connectivity index (χ0) is 15.6. The van der Waals surface area contributed by atoms with Gasteiger partial charge in [0.1, 0.15) is 17.6 Å². The minimum absolute atomic E-state index is 0.240. The van der Waals surface area contributed by atoms with Gasteiger partial charge in [-0.3, -0.25) is 0 Å². The number of aliphatic hydroxyl groups excluding tert-OH is 3. The first kappa shape index (κ1) is 15.5. The normalized spacial score (nSPS) is 10.6. The largest absolute Gasteiger partial charge is 0.392 e. The Bertz CT molecular complexity index is 719. The van der Waals surface area contributed by atoms with Gasteiger partial charge in [-0.25, -0.2) is 0 Å². The molecule has 0 amide bonds. The Labute approximate surface area is 129 Å². The Morgan fingerprint density at radius 3 is 2.29 bits per heavy atom. The smallest absolute Gasteiger partial charge is 0.134 e. The number of rotatable bonds is 4. The number of aliphatic hydroxyl groups is 3. The third kappa shape index (κ3) is 2.54. The van der Waals surface area contributed by atoms with Crippen molar-refractivity contribution >= 4 is 21.7 Å². The number of nitriles is 1. The van der Waals surface area contributed by atoms with Crippen LogP contribution in [0, 0.1) is 11.3 Å². The van der Waals surface area contributed by atoms with Crippen LogP contribution in [0.4, 0.5) is 5.82 Å². The van der Waals surface area contributed by atoms with Gasteiger partial charge in [-0.1, -0.05) is 12.1 Å². The van der Waals surface area contributed by atoms with Gasteiger partial charge in [0.25, 0.3) is 0 Å². The Hall–Kier alpha value is -1.85. The minimum atomic E-state index is -0.321. The number of nitrogens with zero attached hydrogens (tertiary/aromatic N) is 1. The maximum absolute atomic E-state index is 9.63. The number of halogens is 1. The van der Waals surface area contributed by atoms with Gasteiger partial charge in [0.15, 0.2) is 0 Å². The minimum Gasteiger partial charge on any atom is -0.392 e. The molecular formula is C14H14BrN3O3. The molecule has 0 atom stereocenters. The van der Waals surface area contributed by atoms with Crippen molar-refractivity contribution in [1.29, 1.82) is 5.26 Å². The maximum atomic E-state index is 9.63. The van der Waals surface area contributed by atoms with Crippen molar-refractivity contribution in [2.24, 2.45) is 0 Å². The van der Waals surface area contributed by atoms with E-state index >= 15 is 0 Å². The predicted octanol–water partition coefficient (Wildman–Crippen LogP) is 1.37. The van der Waals surface area contributed by atoms with Gasteiger partial charge in [-0.15, -0.1) is 0 Å². The molecule has 1 heterocycles. The summed E-state index contributed by atoms with van der Waals surface area (Å²) in [7, 11) is 0. The number of aromatic amines is 1. The predicted molar refractivity (Wildman–Crippen MR) is 80.8 cm³/mol. The Morgan fingerprint density at radius 2 is 1.81 bits per heavy atom. The molecule has 2 rings (SSSR count). The van der Waals surface area contributed by atoms with Gasteiger partial charge in [0.2, 0.25) is 0 Å². The molecule has 0 fully saturated rings. The lowest BCUT2D eigenvalue weighted by Gasteiger charge is -2.15. The van der Waals surface area contributed by atoms with Crippen LogP contribution >= 0.6 is 15.9 Å². The van der Waals surface area contributed by atoms with Crippen LogP contribution in [0.5, 0.6) is 0 Å². The van der Waals surface area contributed by atoms with Gasteiger partial charge >= 0.3 is 0 Å². The summed E-state index contributed by atoms with van der Waals surface area (Å²) in [5, 5.41) is 37.5. The van der Waals surface area contributed by atoms with Gasteiger partial charge in [-0.2, -0.15) is 5.26 Å². The third-order valence-corrected chi connectivity index (χ3v) is 4.16. The highest BCUT2D eigenvalue weighted by atomic mass is 79.9. The first-order chi connectivity index (χ1) is 10.1. The zero-order valence-corrected chi connectivity index (χ0v) is 12.6. The molecule has 0 saturated heterocycles. The van der Waals surface area contributed by atoms with Crippen LogP contribution in [0.1, 0.15) is 22.4 Å². The number of H-pyrrole nitrogens is 1. The van der Waals surface area contributed by atoms with Gasteiger partial charge in [0, 0.05) is 5.56 Å². The Balaban J connectivity index is 2.76. The lowest BCUT2D eigenvalue weighted by molar-refractivity contribution is 0.248. The Kier molecular flexibility index (Phi) is 4.65. The van der Waals surface area contributed by atoms with E-state index in [1.165, 1.54) is 0 Å². The summed E-state index contributed by atoms with van der Waals surface area (Å²) in [5.74, 6) is 0.286. The molecule has 0 aliphatic rings. The van der Waals surface area contributed by atoms with Crippen LogP contribution in [-0.4, -0.2) is 20.3 Å². The van der Waals surface area contributed by atoms with Crippen molar-refractivity contribution in [3.63, 3.8) is 0 Å². The SMILES string of the molecule is N#Cc1[nH]c(N)c(-c2ccc(CO)c(CO)c2CO)c1Br. The summed E-state index contributed by atoms with van der Waals surface area (Å²) in [6.07, 6.45) is 0. The second-order valence-corrected chi connectivity index (χ2v) is 5.21. The molecule has 0 saturated carbocycles. The summed E-state index contributed by atoms with van der Waals surface area (Å²) >= 11 is 3.32. The molecular weight excluding hydrogens is 338 g/mol. The number of nitrogens with one attached hydrogen (secondary N) is 1. The second-order valence-electron chi connectivity index (χ2n) is 4.42. The fraction of sp³-hybridized carbons (Fsp3) is 0.214. The van der Waals surface area contributed by atoms with Gasteiger partial charge in [-0.05, 0) is 38.2 Å². The molecule has 110 valence electrons. The molecule has 2 aromatic rings. The molecule has 0 unspecified atom stereocenters. The highest BCUT2D eigenvalue weighted by Crippen LogP contribution is 2.39. The van der Waals surface area contributed by atoms with Crippen LogP contribution < -0.4 is 5.73 Å². The van der Waals surface area contributed by atoms with E-state index in [2.05, 4.69) is 20.9 Å². The van der Waals surface area contributed by atoms with E-state index in [0.29, 0.717) is 32.3 Å². The summed E-state index contributed by atoms with van der Waals surface area (Å²) in [6.45, 7) is -0.874. The van der Waals surface area contributed by atoms with Crippen molar-refractivity contribution in [2.75, 3.05) is 5.73 Å². The van der Waals surface area contributed by atoms with Crippen molar-refractivity contribution in [1.82, 2.24) is 4.98 Å². The molecule has 0 aliphatic carbocycles. The van der Waals surface area contributed by atoms with E-state index in [0.717, 1.165) is 0 Å². The first-order valence-electron chi connectivity index (χ1n) is 6.12. The monoisotopic (exact) mass is 351 g/mol. The lowest BCUT2D eigenvalue weighted by Crippen LogP contribution is -2.03.